The van der Waals surface area contributed by atoms with Crippen LogP contribution in [0.4, 0.5) is 5.82 Å². The number of halogens is 1. The van der Waals surface area contributed by atoms with E-state index in [0.717, 1.165) is 22.9 Å². The van der Waals surface area contributed by atoms with Crippen molar-refractivity contribution in [1.82, 2.24) is 15.3 Å². The number of hydrogen-bond donors (Lipinski definition) is 3. The molecule has 0 saturated carbocycles. The van der Waals surface area contributed by atoms with Crippen molar-refractivity contribution in [1.29, 1.82) is 0 Å². The number of nitrogens with one attached hydrogen (secondary N) is 2. The van der Waals surface area contributed by atoms with Crippen LogP contribution < -0.4 is 16.4 Å². The zero-order valence-corrected chi connectivity index (χ0v) is 15.5. The molecule has 1 aromatic heterocycles. The number of hydrogen-bond acceptors (Lipinski definition) is 5. The number of rotatable bonds is 4. The number of nitrogens with zero attached hydrogens (tertiary/aromatic N) is 2. The van der Waals surface area contributed by atoms with Crippen molar-refractivity contribution in [3.8, 4) is 0 Å². The highest BCUT2D eigenvalue weighted by molar-refractivity contribution is 9.10. The second-order valence-electron chi connectivity index (χ2n) is 6.36. The monoisotopic (exact) mass is 411 g/mol. The molecule has 7 heteroatoms. The molecule has 1 amide bonds. The van der Waals surface area contributed by atoms with Crippen molar-refractivity contribution in [3.05, 3.63) is 64.4 Å². The summed E-state index contributed by atoms with van der Waals surface area (Å²) in [6.45, 7) is 1.72. The highest BCUT2D eigenvalue weighted by atomic mass is 79.9. The summed E-state index contributed by atoms with van der Waals surface area (Å²) >= 11 is 3.54. The SMILES string of the molecule is NC(=O)c1cccc2c(NC3CNC[C@@H]3c3cccc(Br)c3)ncnc12. The zero-order chi connectivity index (χ0) is 18.1. The summed E-state index contributed by atoms with van der Waals surface area (Å²) in [7, 11) is 0. The molecule has 0 spiro atoms. The maximum absolute atomic E-state index is 11.7. The van der Waals surface area contributed by atoms with E-state index >= 15 is 0 Å². The average Bonchev–Trinajstić information content (AvgIpc) is 3.09. The van der Waals surface area contributed by atoms with Gasteiger partial charge in [0, 0.05) is 34.9 Å². The van der Waals surface area contributed by atoms with Gasteiger partial charge in [-0.15, -0.1) is 0 Å². The fourth-order valence-corrected chi connectivity index (χ4v) is 3.91. The number of fused-ring (bicyclic) bond motifs is 1. The van der Waals surface area contributed by atoms with Crippen molar-refractivity contribution in [2.45, 2.75) is 12.0 Å². The fraction of sp³-hybridized carbons (Fsp3) is 0.211. The molecule has 2 atom stereocenters. The summed E-state index contributed by atoms with van der Waals surface area (Å²) in [4.78, 5) is 20.3. The lowest BCUT2D eigenvalue weighted by Gasteiger charge is -2.22. The van der Waals surface area contributed by atoms with Crippen LogP contribution in [0.1, 0.15) is 21.8 Å². The molecule has 0 radical (unpaired) electrons. The van der Waals surface area contributed by atoms with Crippen LogP contribution in [-0.2, 0) is 0 Å². The normalized spacial score (nSPS) is 19.6. The molecule has 1 fully saturated rings. The van der Waals surface area contributed by atoms with Crippen molar-refractivity contribution in [2.24, 2.45) is 5.73 Å². The second-order valence-corrected chi connectivity index (χ2v) is 7.27. The van der Waals surface area contributed by atoms with Gasteiger partial charge < -0.3 is 16.4 Å². The van der Waals surface area contributed by atoms with E-state index in [-0.39, 0.29) is 6.04 Å². The standard InChI is InChI=1S/C19H18BrN5O/c20-12-4-1-3-11(7-12)15-8-22-9-16(15)25-19-14-6-2-5-13(18(21)26)17(14)23-10-24-19/h1-7,10,15-16,22H,8-9H2,(H2,21,26)(H,23,24,25)/t15-,16?/m1/s1. The molecular weight excluding hydrogens is 394 g/mol. The molecule has 2 aromatic carbocycles. The summed E-state index contributed by atoms with van der Waals surface area (Å²) < 4.78 is 1.07. The number of aromatic nitrogens is 2. The van der Waals surface area contributed by atoms with Crippen LogP contribution in [0.25, 0.3) is 10.9 Å². The van der Waals surface area contributed by atoms with Gasteiger partial charge in [-0.3, -0.25) is 4.79 Å². The van der Waals surface area contributed by atoms with Crippen molar-refractivity contribution >= 4 is 38.6 Å². The van der Waals surface area contributed by atoms with E-state index in [2.05, 4.69) is 48.7 Å². The molecule has 132 valence electrons. The lowest BCUT2D eigenvalue weighted by atomic mass is 9.94. The summed E-state index contributed by atoms with van der Waals surface area (Å²) in [5.74, 6) is 0.540. The Morgan fingerprint density at radius 2 is 2.04 bits per heavy atom. The smallest absolute Gasteiger partial charge is 0.250 e. The van der Waals surface area contributed by atoms with Gasteiger partial charge in [-0.05, 0) is 29.8 Å². The molecule has 6 nitrogen and oxygen atoms in total. The minimum Gasteiger partial charge on any atom is -0.366 e. The number of amides is 1. The van der Waals surface area contributed by atoms with Crippen LogP contribution in [0.3, 0.4) is 0 Å². The highest BCUT2D eigenvalue weighted by Crippen LogP contribution is 2.29. The Kier molecular flexibility index (Phi) is 4.57. The minimum atomic E-state index is -0.491. The number of carbonyl (C=O) groups excluding carboxylic acids is 1. The molecule has 3 aromatic rings. The molecule has 1 aliphatic heterocycles. The van der Waals surface area contributed by atoms with Crippen molar-refractivity contribution < 1.29 is 4.79 Å². The molecule has 2 heterocycles. The summed E-state index contributed by atoms with van der Waals surface area (Å²) in [6.07, 6.45) is 1.47. The molecule has 0 aliphatic carbocycles. The number of anilines is 1. The Bertz CT molecular complexity index is 977. The highest BCUT2D eigenvalue weighted by Gasteiger charge is 2.29. The van der Waals surface area contributed by atoms with E-state index in [9.17, 15) is 4.79 Å². The fourth-order valence-electron chi connectivity index (χ4n) is 3.49. The Balaban J connectivity index is 1.68. The first-order valence-electron chi connectivity index (χ1n) is 8.40. The van der Waals surface area contributed by atoms with Crippen LogP contribution in [-0.4, -0.2) is 35.0 Å². The van der Waals surface area contributed by atoms with Crippen LogP contribution in [0.5, 0.6) is 0 Å². The third kappa shape index (κ3) is 3.15. The Morgan fingerprint density at radius 3 is 2.85 bits per heavy atom. The lowest BCUT2D eigenvalue weighted by molar-refractivity contribution is 0.100. The molecule has 26 heavy (non-hydrogen) atoms. The summed E-state index contributed by atoms with van der Waals surface area (Å²) in [6, 6.07) is 13.9. The third-order valence-corrected chi connectivity index (χ3v) is 5.24. The predicted molar refractivity (Wildman–Crippen MR) is 105 cm³/mol. The number of primary amides is 1. The van der Waals surface area contributed by atoms with E-state index in [4.69, 9.17) is 5.73 Å². The van der Waals surface area contributed by atoms with Gasteiger partial charge in [0.1, 0.15) is 12.1 Å². The Labute approximate surface area is 159 Å². The first-order valence-corrected chi connectivity index (χ1v) is 9.19. The third-order valence-electron chi connectivity index (χ3n) is 4.74. The van der Waals surface area contributed by atoms with Crippen LogP contribution in [0, 0.1) is 0 Å². The predicted octanol–water partition coefficient (Wildman–Crippen LogP) is 2.66. The first-order chi connectivity index (χ1) is 12.6. The van der Waals surface area contributed by atoms with Gasteiger partial charge in [0.05, 0.1) is 11.1 Å². The first kappa shape index (κ1) is 16.9. The molecule has 1 saturated heterocycles. The van der Waals surface area contributed by atoms with Crippen molar-refractivity contribution in [2.75, 3.05) is 18.4 Å². The number of para-hydroxylation sites is 1. The topological polar surface area (TPSA) is 92.9 Å². The van der Waals surface area contributed by atoms with Gasteiger partial charge in [-0.2, -0.15) is 0 Å². The van der Waals surface area contributed by atoms with Gasteiger partial charge in [-0.25, -0.2) is 9.97 Å². The van der Waals surface area contributed by atoms with E-state index in [1.807, 2.05) is 18.2 Å². The van der Waals surface area contributed by atoms with Gasteiger partial charge in [-0.1, -0.05) is 34.1 Å². The van der Waals surface area contributed by atoms with Crippen LogP contribution in [0.2, 0.25) is 0 Å². The maximum atomic E-state index is 11.7. The number of carbonyl (C=O) groups is 1. The minimum absolute atomic E-state index is 0.180. The quantitative estimate of drug-likeness (QED) is 0.613. The lowest BCUT2D eigenvalue weighted by Crippen LogP contribution is -2.27. The van der Waals surface area contributed by atoms with E-state index in [1.165, 1.54) is 11.9 Å². The number of nitrogens with two attached hydrogens (primary N) is 1. The maximum Gasteiger partial charge on any atom is 0.250 e. The molecule has 4 rings (SSSR count). The molecule has 1 aliphatic rings. The summed E-state index contributed by atoms with van der Waals surface area (Å²) in [5.41, 5.74) is 7.71. The van der Waals surface area contributed by atoms with Crippen molar-refractivity contribution in [3.63, 3.8) is 0 Å². The van der Waals surface area contributed by atoms with Gasteiger partial charge in [0.2, 0.25) is 0 Å². The molecular formula is C19H18BrN5O. The molecule has 0 bridgehead atoms. The van der Waals surface area contributed by atoms with Crippen LogP contribution in [0.15, 0.2) is 53.3 Å². The van der Waals surface area contributed by atoms with Gasteiger partial charge in [0.15, 0.2) is 0 Å². The van der Waals surface area contributed by atoms with E-state index in [1.54, 1.807) is 12.1 Å². The second kappa shape index (κ2) is 7.01. The Morgan fingerprint density at radius 1 is 1.19 bits per heavy atom. The van der Waals surface area contributed by atoms with Gasteiger partial charge >= 0.3 is 0 Å². The van der Waals surface area contributed by atoms with Crippen LogP contribution >= 0.6 is 15.9 Å². The van der Waals surface area contributed by atoms with E-state index < -0.39 is 5.91 Å². The molecule has 1 unspecified atom stereocenters. The Hall–Kier alpha value is -2.51. The van der Waals surface area contributed by atoms with E-state index in [0.29, 0.717) is 22.8 Å². The largest absolute Gasteiger partial charge is 0.366 e. The average molecular weight is 412 g/mol. The zero-order valence-electron chi connectivity index (χ0n) is 13.9. The van der Waals surface area contributed by atoms with Gasteiger partial charge in [0.25, 0.3) is 5.91 Å². The molecule has 4 N–H and O–H groups in total. The number of benzene rings is 2. The summed E-state index contributed by atoms with van der Waals surface area (Å²) in [5, 5.41) is 7.78.